The first-order valence-electron chi connectivity index (χ1n) is 10.2. The Hall–Kier alpha value is -1.75. The predicted octanol–water partition coefficient (Wildman–Crippen LogP) is 3.96. The molecule has 1 N–H and O–H groups in total. The van der Waals surface area contributed by atoms with Gasteiger partial charge < -0.3 is 19.7 Å². The fraction of sp³-hybridized carbons (Fsp3) is 0.682. The molecule has 0 radical (unpaired) electrons. The molecular weight excluding hydrogens is 340 g/mol. The number of likely N-dealkylation sites (tertiary alicyclic amines) is 1. The molecule has 1 aromatic carbocycles. The van der Waals surface area contributed by atoms with Crippen molar-refractivity contribution in [3.05, 3.63) is 29.8 Å². The summed E-state index contributed by atoms with van der Waals surface area (Å²) in [6.07, 6.45) is 3.02. The van der Waals surface area contributed by atoms with Gasteiger partial charge in [-0.1, -0.05) is 39.8 Å². The van der Waals surface area contributed by atoms with E-state index < -0.39 is 0 Å². The van der Waals surface area contributed by atoms with E-state index in [4.69, 9.17) is 9.47 Å². The van der Waals surface area contributed by atoms with Crippen LogP contribution in [0.1, 0.15) is 52.5 Å². The fourth-order valence-corrected chi connectivity index (χ4v) is 3.89. The van der Waals surface area contributed by atoms with Gasteiger partial charge in [0.1, 0.15) is 5.75 Å². The van der Waals surface area contributed by atoms with Gasteiger partial charge in [-0.15, -0.1) is 0 Å². The Kier molecular flexibility index (Phi) is 5.99. The van der Waals surface area contributed by atoms with Crippen molar-refractivity contribution in [2.75, 3.05) is 32.9 Å². The first-order chi connectivity index (χ1) is 12.8. The molecule has 0 saturated carbocycles. The van der Waals surface area contributed by atoms with Crippen molar-refractivity contribution in [2.24, 2.45) is 5.92 Å². The van der Waals surface area contributed by atoms with Crippen LogP contribution < -0.4 is 10.1 Å². The Morgan fingerprint density at radius 2 is 1.89 bits per heavy atom. The van der Waals surface area contributed by atoms with Crippen LogP contribution >= 0.6 is 0 Å². The van der Waals surface area contributed by atoms with E-state index in [-0.39, 0.29) is 17.0 Å². The zero-order valence-electron chi connectivity index (χ0n) is 17.2. The summed E-state index contributed by atoms with van der Waals surface area (Å²) in [5, 5.41) is 3.16. The SMILES string of the molecule is CC(C)COc1ccc(C(C)(C)CNC(=O)N2CCC23CCOCC3)cc1. The van der Waals surface area contributed by atoms with Crippen LogP contribution in [0.2, 0.25) is 0 Å². The van der Waals surface area contributed by atoms with E-state index in [0.29, 0.717) is 12.5 Å². The molecule has 5 nitrogen and oxygen atoms in total. The Morgan fingerprint density at radius 1 is 1.22 bits per heavy atom. The highest BCUT2D eigenvalue weighted by atomic mass is 16.5. The Bertz CT molecular complexity index is 633. The minimum absolute atomic E-state index is 0.0435. The monoisotopic (exact) mass is 374 g/mol. The van der Waals surface area contributed by atoms with Crippen molar-refractivity contribution in [1.82, 2.24) is 10.2 Å². The Balaban J connectivity index is 1.54. The predicted molar refractivity (Wildman–Crippen MR) is 107 cm³/mol. The highest BCUT2D eigenvalue weighted by Crippen LogP contribution is 2.39. The van der Waals surface area contributed by atoms with Crippen LogP contribution in [0.25, 0.3) is 0 Å². The molecule has 0 bridgehead atoms. The van der Waals surface area contributed by atoms with E-state index >= 15 is 0 Å². The second-order valence-corrected chi connectivity index (χ2v) is 9.01. The minimum atomic E-state index is -0.139. The van der Waals surface area contributed by atoms with E-state index in [1.807, 2.05) is 17.0 Å². The van der Waals surface area contributed by atoms with Crippen LogP contribution in [0.15, 0.2) is 24.3 Å². The molecule has 27 heavy (non-hydrogen) atoms. The average Bonchev–Trinajstić information content (AvgIpc) is 2.65. The zero-order chi connectivity index (χ0) is 19.5. The summed E-state index contributed by atoms with van der Waals surface area (Å²) in [5.74, 6) is 1.41. The van der Waals surface area contributed by atoms with E-state index in [1.54, 1.807) is 0 Å². The lowest BCUT2D eigenvalue weighted by molar-refractivity contribution is -0.0630. The van der Waals surface area contributed by atoms with Gasteiger partial charge in [0.25, 0.3) is 0 Å². The number of carbonyl (C=O) groups excluding carboxylic acids is 1. The number of nitrogens with one attached hydrogen (secondary N) is 1. The normalized spacial score (nSPS) is 19.1. The smallest absolute Gasteiger partial charge is 0.317 e. The van der Waals surface area contributed by atoms with Crippen molar-refractivity contribution >= 4 is 6.03 Å². The molecule has 2 saturated heterocycles. The number of amides is 2. The molecule has 0 atom stereocenters. The lowest BCUT2D eigenvalue weighted by Crippen LogP contribution is -2.66. The standard InChI is InChI=1S/C22H34N2O3/c1-17(2)15-27-19-7-5-18(6-8-19)21(3,4)16-23-20(25)24-12-9-22(24)10-13-26-14-11-22/h5-8,17H,9-16H2,1-4H3,(H,23,25). The van der Waals surface area contributed by atoms with E-state index in [1.165, 1.54) is 5.56 Å². The minimum Gasteiger partial charge on any atom is -0.493 e. The van der Waals surface area contributed by atoms with Gasteiger partial charge in [-0.25, -0.2) is 4.79 Å². The molecular formula is C22H34N2O3. The summed E-state index contributed by atoms with van der Waals surface area (Å²) in [7, 11) is 0. The van der Waals surface area contributed by atoms with E-state index in [0.717, 1.165) is 51.4 Å². The molecule has 2 amide bonds. The molecule has 1 spiro atoms. The molecule has 150 valence electrons. The maximum atomic E-state index is 12.7. The largest absolute Gasteiger partial charge is 0.493 e. The van der Waals surface area contributed by atoms with Crippen LogP contribution in [0.4, 0.5) is 4.79 Å². The molecule has 2 aliphatic rings. The third kappa shape index (κ3) is 4.57. The van der Waals surface area contributed by atoms with Gasteiger partial charge in [-0.3, -0.25) is 0 Å². The summed E-state index contributed by atoms with van der Waals surface area (Å²) in [6, 6.07) is 8.31. The second kappa shape index (κ2) is 8.09. The first kappa shape index (κ1) is 20.0. The highest BCUT2D eigenvalue weighted by molar-refractivity contribution is 5.76. The number of benzene rings is 1. The third-order valence-corrected chi connectivity index (χ3v) is 5.94. The fourth-order valence-electron chi connectivity index (χ4n) is 3.89. The number of hydrogen-bond donors (Lipinski definition) is 1. The number of carbonyl (C=O) groups is 1. The summed E-state index contributed by atoms with van der Waals surface area (Å²) >= 11 is 0. The molecule has 3 rings (SSSR count). The molecule has 2 aliphatic heterocycles. The van der Waals surface area contributed by atoms with Crippen molar-refractivity contribution < 1.29 is 14.3 Å². The van der Waals surface area contributed by atoms with Crippen molar-refractivity contribution in [2.45, 2.75) is 57.9 Å². The second-order valence-electron chi connectivity index (χ2n) is 9.01. The third-order valence-electron chi connectivity index (χ3n) is 5.94. The first-order valence-corrected chi connectivity index (χ1v) is 10.2. The maximum absolute atomic E-state index is 12.7. The number of ether oxygens (including phenoxy) is 2. The Labute approximate surface area is 163 Å². The molecule has 1 aromatic rings. The molecule has 2 heterocycles. The summed E-state index contributed by atoms with van der Waals surface area (Å²) in [4.78, 5) is 14.8. The topological polar surface area (TPSA) is 50.8 Å². The van der Waals surface area contributed by atoms with Gasteiger partial charge in [0.2, 0.25) is 0 Å². The van der Waals surface area contributed by atoms with Gasteiger partial charge >= 0.3 is 6.03 Å². The molecule has 5 heteroatoms. The average molecular weight is 375 g/mol. The van der Waals surface area contributed by atoms with Gasteiger partial charge in [0.15, 0.2) is 0 Å². The van der Waals surface area contributed by atoms with E-state index in [9.17, 15) is 4.79 Å². The quantitative estimate of drug-likeness (QED) is 0.820. The number of rotatable bonds is 6. The zero-order valence-corrected chi connectivity index (χ0v) is 17.2. The van der Waals surface area contributed by atoms with Crippen LogP contribution in [-0.4, -0.2) is 49.4 Å². The Morgan fingerprint density at radius 3 is 2.44 bits per heavy atom. The number of hydrogen-bond acceptors (Lipinski definition) is 3. The van der Waals surface area contributed by atoms with E-state index in [2.05, 4.69) is 45.1 Å². The molecule has 2 fully saturated rings. The van der Waals surface area contributed by atoms with Crippen molar-refractivity contribution in [3.8, 4) is 5.75 Å². The number of urea groups is 1. The van der Waals surface area contributed by atoms with Gasteiger partial charge in [-0.2, -0.15) is 0 Å². The van der Waals surface area contributed by atoms with Crippen molar-refractivity contribution in [1.29, 1.82) is 0 Å². The summed E-state index contributed by atoms with van der Waals surface area (Å²) < 4.78 is 11.2. The van der Waals surface area contributed by atoms with Gasteiger partial charge in [-0.05, 0) is 42.9 Å². The number of nitrogens with zero attached hydrogens (tertiary/aromatic N) is 1. The molecule has 0 unspecified atom stereocenters. The van der Waals surface area contributed by atoms with Crippen molar-refractivity contribution in [3.63, 3.8) is 0 Å². The lowest BCUT2D eigenvalue weighted by atomic mass is 9.78. The molecule has 0 aromatic heterocycles. The molecule has 0 aliphatic carbocycles. The van der Waals surface area contributed by atoms with Gasteiger partial charge in [0.05, 0.1) is 12.1 Å². The highest BCUT2D eigenvalue weighted by Gasteiger charge is 2.48. The van der Waals surface area contributed by atoms with Crippen LogP contribution in [0.3, 0.4) is 0 Å². The summed E-state index contributed by atoms with van der Waals surface area (Å²) in [6.45, 7) is 12.3. The van der Waals surface area contributed by atoms with Crippen LogP contribution in [0, 0.1) is 5.92 Å². The van der Waals surface area contributed by atoms with Crippen LogP contribution in [-0.2, 0) is 10.2 Å². The van der Waals surface area contributed by atoms with Crippen LogP contribution in [0.5, 0.6) is 5.75 Å². The maximum Gasteiger partial charge on any atom is 0.317 e. The van der Waals surface area contributed by atoms with Gasteiger partial charge in [0, 0.05) is 31.7 Å². The summed E-state index contributed by atoms with van der Waals surface area (Å²) in [5.41, 5.74) is 1.10. The lowest BCUT2D eigenvalue weighted by Gasteiger charge is -2.54.